The van der Waals surface area contributed by atoms with Crippen molar-refractivity contribution in [3.05, 3.63) is 260 Å². The third-order valence-corrected chi connectivity index (χ3v) is 12.9. The van der Waals surface area contributed by atoms with Crippen molar-refractivity contribution in [2.24, 2.45) is 5.92 Å². The zero-order chi connectivity index (χ0) is 63.3. The van der Waals surface area contributed by atoms with Crippen LogP contribution in [0.5, 0.6) is 11.5 Å². The van der Waals surface area contributed by atoms with Crippen molar-refractivity contribution in [2.75, 3.05) is 13.7 Å². The number of hydrogen-bond acceptors (Lipinski definition) is 2. The van der Waals surface area contributed by atoms with Crippen LogP contribution in [0.3, 0.4) is 0 Å². The van der Waals surface area contributed by atoms with Gasteiger partial charge in [0.1, 0.15) is 6.17 Å². The molecule has 0 spiro atoms. The number of halogens is 13. The van der Waals surface area contributed by atoms with Gasteiger partial charge in [-0.15, -0.1) is 0 Å². The van der Waals surface area contributed by atoms with Crippen LogP contribution in [-0.2, 0) is 38.5 Å². The lowest BCUT2D eigenvalue weighted by Crippen LogP contribution is -2.06. The van der Waals surface area contributed by atoms with Gasteiger partial charge in [-0.2, -0.15) is 8.78 Å². The Morgan fingerprint density at radius 1 is 0.412 bits per heavy atom. The molecule has 0 amide bonds. The molecule has 0 heterocycles. The van der Waals surface area contributed by atoms with E-state index in [0.29, 0.717) is 17.5 Å². The maximum absolute atomic E-state index is 14.4. The number of allylic oxidation sites excluding steroid dienone is 2. The van der Waals surface area contributed by atoms with Crippen LogP contribution in [0.4, 0.5) is 57.1 Å². The molecule has 0 N–H and O–H groups in total. The van der Waals surface area contributed by atoms with Crippen molar-refractivity contribution in [1.29, 1.82) is 0 Å². The highest BCUT2D eigenvalue weighted by Gasteiger charge is 2.18. The summed E-state index contributed by atoms with van der Waals surface area (Å²) >= 11 is 0. The van der Waals surface area contributed by atoms with Crippen LogP contribution in [0.1, 0.15) is 101 Å². The zero-order valence-corrected chi connectivity index (χ0v) is 49.5. The van der Waals surface area contributed by atoms with Crippen molar-refractivity contribution in [3.63, 3.8) is 0 Å². The van der Waals surface area contributed by atoms with Crippen molar-refractivity contribution in [2.45, 2.75) is 113 Å². The van der Waals surface area contributed by atoms with E-state index in [1.807, 2.05) is 84.9 Å². The van der Waals surface area contributed by atoms with Crippen LogP contribution in [0.15, 0.2) is 152 Å². The molecular weight excluding hydrogens is 1120 g/mol. The number of benzene rings is 8. The lowest BCUT2D eigenvalue weighted by Gasteiger charge is -2.10. The fourth-order valence-corrected chi connectivity index (χ4v) is 8.10. The summed E-state index contributed by atoms with van der Waals surface area (Å²) in [5, 5.41) is 0. The van der Waals surface area contributed by atoms with E-state index in [0.717, 1.165) is 42.2 Å². The van der Waals surface area contributed by atoms with E-state index in [9.17, 15) is 57.1 Å². The van der Waals surface area contributed by atoms with Gasteiger partial charge in [-0.1, -0.05) is 157 Å². The van der Waals surface area contributed by atoms with Gasteiger partial charge in [0.2, 0.25) is 11.6 Å². The highest BCUT2D eigenvalue weighted by atomic mass is 19.2. The summed E-state index contributed by atoms with van der Waals surface area (Å²) in [6, 6.07) is 35.0. The molecule has 0 aliphatic heterocycles. The minimum atomic E-state index is -1.08. The molecule has 15 heteroatoms. The van der Waals surface area contributed by atoms with Gasteiger partial charge in [0.15, 0.2) is 69.7 Å². The molecule has 8 rings (SSSR count). The number of ether oxygens (including phenoxy) is 2. The lowest BCUT2D eigenvalue weighted by molar-refractivity contribution is 0.258. The number of methoxy groups -OCH3 is 1. The summed E-state index contributed by atoms with van der Waals surface area (Å²) in [4.78, 5) is 0. The summed E-state index contributed by atoms with van der Waals surface area (Å²) in [6.07, 6.45) is 5.51. The molecule has 0 aliphatic rings. The summed E-state index contributed by atoms with van der Waals surface area (Å²) in [5.41, 5.74) is 4.46. The first-order chi connectivity index (χ1) is 40.7. The van der Waals surface area contributed by atoms with E-state index >= 15 is 0 Å². The molecule has 0 saturated heterocycles. The Morgan fingerprint density at radius 3 is 1.26 bits per heavy atom. The smallest absolute Gasteiger partial charge is 0.201 e. The first-order valence-corrected chi connectivity index (χ1v) is 28.0. The Morgan fingerprint density at radius 2 is 0.812 bits per heavy atom. The topological polar surface area (TPSA) is 18.5 Å². The molecule has 1 atom stereocenters. The first kappa shape index (κ1) is 71.5. The number of aryl methyl sites for hydroxylation is 7. The van der Waals surface area contributed by atoms with Crippen molar-refractivity contribution in [3.8, 4) is 33.8 Å². The van der Waals surface area contributed by atoms with Gasteiger partial charge < -0.3 is 9.47 Å². The lowest BCUT2D eigenvalue weighted by atomic mass is 9.98. The van der Waals surface area contributed by atoms with Gasteiger partial charge in [-0.25, -0.2) is 48.3 Å². The normalized spacial score (nSPS) is 10.9. The molecule has 85 heavy (non-hydrogen) atoms. The second-order valence-electron chi connectivity index (χ2n) is 18.9. The Kier molecular flexibility index (Phi) is 30.9. The summed E-state index contributed by atoms with van der Waals surface area (Å²) in [6.45, 7) is 17.1. The molecule has 0 bridgehead atoms. The van der Waals surface area contributed by atoms with Gasteiger partial charge in [0, 0.05) is 11.1 Å². The molecule has 8 aromatic carbocycles. The van der Waals surface area contributed by atoms with Crippen LogP contribution < -0.4 is 9.47 Å². The molecule has 0 fully saturated rings. The minimum Gasteiger partial charge on any atom is -0.494 e. The summed E-state index contributed by atoms with van der Waals surface area (Å²) in [5.74, 6) is -11.5. The highest BCUT2D eigenvalue weighted by molar-refractivity contribution is 5.66. The molecule has 456 valence electrons. The molecule has 0 aromatic heterocycles. The Balaban J connectivity index is 0.000000315. The van der Waals surface area contributed by atoms with Crippen molar-refractivity contribution >= 4 is 0 Å². The van der Waals surface area contributed by atoms with E-state index in [4.69, 9.17) is 4.74 Å². The van der Waals surface area contributed by atoms with E-state index in [1.54, 1.807) is 37.3 Å². The maximum atomic E-state index is 14.4. The fourth-order valence-electron chi connectivity index (χ4n) is 8.10. The Hall–Kier alpha value is -7.81. The fraction of sp³-hybridized carbons (Fsp3) is 0.286. The average molecular weight is 1190 g/mol. The predicted octanol–water partition coefficient (Wildman–Crippen LogP) is 21.1. The Labute approximate surface area is 492 Å². The van der Waals surface area contributed by atoms with Gasteiger partial charge in [0.25, 0.3) is 0 Å². The molecule has 8 aromatic rings. The van der Waals surface area contributed by atoms with E-state index < -0.39 is 76.0 Å². The minimum absolute atomic E-state index is 0.0626. The third-order valence-electron chi connectivity index (χ3n) is 12.9. The van der Waals surface area contributed by atoms with Gasteiger partial charge in [-0.05, 0) is 158 Å². The number of alkyl halides is 1. The van der Waals surface area contributed by atoms with Crippen molar-refractivity contribution in [1.82, 2.24) is 0 Å². The standard InChI is InChI=1S/C28H22F4O.C15H12F4O.C15H12F4.C8H15F.2C2H6/c1-2-33-25-17-16-23(27(31)28(25)32)21-14-10-19(11-15-21)7-6-18-8-12-20(13-9-18)22-4-3-5-24(29)26(22)30;1-20-12-8-7-10(14(18)15(12)19)6-5-9-3-2-4-11(16)13(9)17;1-9-5-6-11(15(19)13(9)17)8-7-10-3-2-4-12(16)14(10)18;1-4-5-6-8(9)7(2)3;2*1-2/h3-5,8-17H,2,6-7H2,1H3;2-4,7-8H,5-6H2,1H3;2-6H,7-8H2,1H3;4-5,7-8H,6H2,1-3H3;2*1-2H3/b;;;5-4-;;. The van der Waals surface area contributed by atoms with Crippen LogP contribution in [-0.4, -0.2) is 19.9 Å². The van der Waals surface area contributed by atoms with E-state index in [1.165, 1.54) is 80.8 Å². The van der Waals surface area contributed by atoms with E-state index in [-0.39, 0.29) is 88.7 Å². The van der Waals surface area contributed by atoms with Crippen LogP contribution in [0, 0.1) is 82.6 Å². The monoisotopic (exact) mass is 1190 g/mol. The molecule has 0 radical (unpaired) electrons. The molecule has 0 saturated carbocycles. The van der Waals surface area contributed by atoms with Crippen LogP contribution in [0.25, 0.3) is 22.3 Å². The third kappa shape index (κ3) is 21.0. The van der Waals surface area contributed by atoms with Crippen LogP contribution >= 0.6 is 0 Å². The van der Waals surface area contributed by atoms with Gasteiger partial charge >= 0.3 is 0 Å². The molecule has 2 nitrogen and oxygen atoms in total. The Bertz CT molecular complexity index is 3340. The maximum Gasteiger partial charge on any atom is 0.201 e. The number of rotatable bonds is 17. The van der Waals surface area contributed by atoms with Crippen LogP contribution in [0.2, 0.25) is 0 Å². The molecule has 1 unspecified atom stereocenters. The summed E-state index contributed by atoms with van der Waals surface area (Å²) in [7, 11) is 1.24. The van der Waals surface area contributed by atoms with Crippen molar-refractivity contribution < 1.29 is 66.5 Å². The second kappa shape index (κ2) is 36.8. The average Bonchev–Trinajstić information content (AvgIpc) is 3.72. The zero-order valence-electron chi connectivity index (χ0n) is 49.5. The molecule has 0 aliphatic carbocycles. The van der Waals surface area contributed by atoms with Gasteiger partial charge in [0.05, 0.1) is 13.7 Å². The van der Waals surface area contributed by atoms with E-state index in [2.05, 4.69) is 4.74 Å². The highest BCUT2D eigenvalue weighted by Crippen LogP contribution is 2.31. The molecular formula is C70H73F13O2. The van der Waals surface area contributed by atoms with Gasteiger partial charge in [-0.3, -0.25) is 0 Å². The SMILES string of the molecule is C/C=C\CC(F)C(C)C.CC.CC.CCOc1ccc(-c2ccc(CCc3ccc(-c4cccc(F)c4F)cc3)cc2)c(F)c1F.COc1ccc(CCc2cccc(F)c2F)c(F)c1F.Cc1ccc(CCc2cccc(F)c2F)c(F)c1F. The second-order valence-corrected chi connectivity index (χ2v) is 18.9. The number of hydrogen-bond donors (Lipinski definition) is 0. The first-order valence-electron chi connectivity index (χ1n) is 28.0. The largest absolute Gasteiger partial charge is 0.494 e. The summed E-state index contributed by atoms with van der Waals surface area (Å²) < 4.78 is 185. The quantitative estimate of drug-likeness (QED) is 0.0668. The predicted molar refractivity (Wildman–Crippen MR) is 316 cm³/mol.